The molecule has 1 saturated heterocycles. The minimum Gasteiger partial charge on any atom is -0.386 e. The molecule has 3 rings (SSSR count). The first-order chi connectivity index (χ1) is 12.1. The number of amides is 1. The van der Waals surface area contributed by atoms with Crippen molar-refractivity contribution in [1.29, 1.82) is 0 Å². The van der Waals surface area contributed by atoms with Gasteiger partial charge in [0.2, 0.25) is 5.91 Å². The molecule has 0 unspecified atom stereocenters. The van der Waals surface area contributed by atoms with Crippen LogP contribution in [0.5, 0.6) is 0 Å². The van der Waals surface area contributed by atoms with Crippen LogP contribution in [0.25, 0.3) is 0 Å². The number of piperazine rings is 1. The minimum absolute atomic E-state index is 0.0621. The number of rotatable bonds is 6. The van der Waals surface area contributed by atoms with Gasteiger partial charge in [-0.25, -0.2) is 0 Å². The quantitative estimate of drug-likeness (QED) is 0.734. The first-order valence-corrected chi connectivity index (χ1v) is 8.80. The van der Waals surface area contributed by atoms with Crippen molar-refractivity contribution >= 4 is 23.2 Å². The van der Waals surface area contributed by atoms with Crippen LogP contribution >= 0.6 is 11.6 Å². The number of benzene rings is 1. The van der Waals surface area contributed by atoms with E-state index in [0.717, 1.165) is 31.9 Å². The second-order valence-electron chi connectivity index (χ2n) is 6.25. The molecular weight excluding hydrogens is 340 g/mol. The van der Waals surface area contributed by atoms with E-state index in [1.54, 1.807) is 12.1 Å². The van der Waals surface area contributed by atoms with Gasteiger partial charge in [0.05, 0.1) is 17.3 Å². The molecule has 3 N–H and O–H groups in total. The van der Waals surface area contributed by atoms with Crippen LogP contribution in [0.3, 0.4) is 0 Å². The Balaban J connectivity index is 1.41. The standard InChI is InChI=1S/C18H23ClN4O2/c19-14-4-1-2-5-15(14)21-18(25)13-23-10-8-22(9-11-23)12-17(24)16-6-3-7-20-16/h1-7,17,20,24H,8-13H2,(H,21,25)/t17-/m0/s1. The third-order valence-corrected chi connectivity index (χ3v) is 4.72. The van der Waals surface area contributed by atoms with Crippen molar-refractivity contribution in [2.45, 2.75) is 6.10 Å². The monoisotopic (exact) mass is 362 g/mol. The number of carbonyl (C=O) groups is 1. The number of hydrogen-bond donors (Lipinski definition) is 3. The zero-order chi connectivity index (χ0) is 17.6. The highest BCUT2D eigenvalue weighted by Crippen LogP contribution is 2.20. The van der Waals surface area contributed by atoms with Crippen molar-refractivity contribution in [3.8, 4) is 0 Å². The maximum absolute atomic E-state index is 12.2. The van der Waals surface area contributed by atoms with E-state index in [2.05, 4.69) is 20.1 Å². The molecule has 0 spiro atoms. The van der Waals surface area contributed by atoms with E-state index in [4.69, 9.17) is 11.6 Å². The molecule has 1 aliphatic rings. The Morgan fingerprint density at radius 2 is 1.88 bits per heavy atom. The fourth-order valence-corrected chi connectivity index (χ4v) is 3.16. The molecule has 1 amide bonds. The van der Waals surface area contributed by atoms with Crippen molar-refractivity contribution in [3.05, 3.63) is 53.3 Å². The molecule has 134 valence electrons. The molecule has 1 aliphatic heterocycles. The summed E-state index contributed by atoms with van der Waals surface area (Å²) in [7, 11) is 0. The molecular formula is C18H23ClN4O2. The Labute approximate surface area is 152 Å². The maximum atomic E-state index is 12.2. The van der Waals surface area contributed by atoms with Crippen LogP contribution < -0.4 is 5.32 Å². The maximum Gasteiger partial charge on any atom is 0.238 e. The molecule has 0 saturated carbocycles. The largest absolute Gasteiger partial charge is 0.386 e. The number of aromatic nitrogens is 1. The Morgan fingerprint density at radius 1 is 1.16 bits per heavy atom. The van der Waals surface area contributed by atoms with Gasteiger partial charge in [-0.15, -0.1) is 0 Å². The number of aliphatic hydroxyl groups excluding tert-OH is 1. The van der Waals surface area contributed by atoms with Gasteiger partial charge in [0, 0.05) is 44.6 Å². The number of para-hydroxylation sites is 1. The topological polar surface area (TPSA) is 71.6 Å². The minimum atomic E-state index is -0.509. The van der Waals surface area contributed by atoms with Gasteiger partial charge in [0.25, 0.3) is 0 Å². The van der Waals surface area contributed by atoms with E-state index in [1.165, 1.54) is 0 Å². The average Bonchev–Trinajstić information content (AvgIpc) is 3.13. The highest BCUT2D eigenvalue weighted by atomic mass is 35.5. The Kier molecular flexibility index (Phi) is 6.09. The summed E-state index contributed by atoms with van der Waals surface area (Å²) in [6.07, 6.45) is 1.30. The fraction of sp³-hybridized carbons (Fsp3) is 0.389. The molecule has 7 heteroatoms. The summed E-state index contributed by atoms with van der Waals surface area (Å²) in [6, 6.07) is 11.0. The normalized spacial score (nSPS) is 17.4. The summed E-state index contributed by atoms with van der Waals surface area (Å²) in [4.78, 5) is 19.5. The molecule has 0 radical (unpaired) electrons. The highest BCUT2D eigenvalue weighted by Gasteiger charge is 2.21. The number of aromatic amines is 1. The lowest BCUT2D eigenvalue weighted by Crippen LogP contribution is -2.49. The van der Waals surface area contributed by atoms with Gasteiger partial charge in [-0.1, -0.05) is 23.7 Å². The van der Waals surface area contributed by atoms with E-state index < -0.39 is 6.10 Å². The number of β-amino-alcohol motifs (C(OH)–C–C–N with tert-alkyl or cyclic N) is 1. The number of anilines is 1. The zero-order valence-electron chi connectivity index (χ0n) is 14.0. The van der Waals surface area contributed by atoms with Crippen LogP contribution in [0.1, 0.15) is 11.8 Å². The predicted octanol–water partition coefficient (Wildman–Crippen LogP) is 1.96. The summed E-state index contributed by atoms with van der Waals surface area (Å²) in [5, 5.41) is 13.6. The van der Waals surface area contributed by atoms with Crippen LogP contribution in [0.4, 0.5) is 5.69 Å². The summed E-state index contributed by atoms with van der Waals surface area (Å²) in [5.74, 6) is -0.0621. The van der Waals surface area contributed by atoms with Crippen molar-refractivity contribution in [3.63, 3.8) is 0 Å². The van der Waals surface area contributed by atoms with Crippen molar-refractivity contribution in [2.24, 2.45) is 0 Å². The second-order valence-corrected chi connectivity index (χ2v) is 6.65. The van der Waals surface area contributed by atoms with Gasteiger partial charge in [0.1, 0.15) is 6.10 Å². The zero-order valence-corrected chi connectivity index (χ0v) is 14.7. The van der Waals surface area contributed by atoms with Gasteiger partial charge in [-0.2, -0.15) is 0 Å². The Morgan fingerprint density at radius 3 is 2.56 bits per heavy atom. The number of H-pyrrole nitrogens is 1. The number of carbonyl (C=O) groups excluding carboxylic acids is 1. The van der Waals surface area contributed by atoms with Gasteiger partial charge in [-0.05, 0) is 24.3 Å². The van der Waals surface area contributed by atoms with E-state index >= 15 is 0 Å². The molecule has 1 atom stereocenters. The summed E-state index contributed by atoms with van der Waals surface area (Å²) < 4.78 is 0. The van der Waals surface area contributed by atoms with Crippen LogP contribution in [0.2, 0.25) is 5.02 Å². The van der Waals surface area contributed by atoms with Gasteiger partial charge in [-0.3, -0.25) is 14.6 Å². The second kappa shape index (κ2) is 8.49. The number of nitrogens with one attached hydrogen (secondary N) is 2. The Bertz CT molecular complexity index is 684. The van der Waals surface area contributed by atoms with E-state index in [9.17, 15) is 9.90 Å². The van der Waals surface area contributed by atoms with Gasteiger partial charge < -0.3 is 15.4 Å². The third-order valence-electron chi connectivity index (χ3n) is 4.39. The van der Waals surface area contributed by atoms with Crippen LogP contribution in [0, 0.1) is 0 Å². The molecule has 1 fully saturated rings. The number of hydrogen-bond acceptors (Lipinski definition) is 4. The highest BCUT2D eigenvalue weighted by molar-refractivity contribution is 6.33. The molecule has 2 aromatic rings. The number of nitrogens with zero attached hydrogens (tertiary/aromatic N) is 2. The summed E-state index contributed by atoms with van der Waals surface area (Å²) in [5.41, 5.74) is 1.48. The molecule has 0 aliphatic carbocycles. The molecule has 1 aromatic heterocycles. The number of aliphatic hydroxyl groups is 1. The van der Waals surface area contributed by atoms with E-state index in [0.29, 0.717) is 23.8 Å². The van der Waals surface area contributed by atoms with Crippen LogP contribution in [0.15, 0.2) is 42.6 Å². The Hall–Kier alpha value is -1.86. The van der Waals surface area contributed by atoms with Crippen molar-refractivity contribution in [1.82, 2.24) is 14.8 Å². The van der Waals surface area contributed by atoms with Gasteiger partial charge >= 0.3 is 0 Å². The fourth-order valence-electron chi connectivity index (χ4n) is 2.98. The van der Waals surface area contributed by atoms with Gasteiger partial charge in [0.15, 0.2) is 0 Å². The SMILES string of the molecule is O=C(CN1CCN(C[C@H](O)c2ccc[nH]2)CC1)Nc1ccccc1Cl. The predicted molar refractivity (Wildman–Crippen MR) is 98.7 cm³/mol. The average molecular weight is 363 g/mol. The third kappa shape index (κ3) is 5.06. The summed E-state index contributed by atoms with van der Waals surface area (Å²) >= 11 is 6.06. The number of halogens is 1. The lowest BCUT2D eigenvalue weighted by Gasteiger charge is -2.35. The first kappa shape index (κ1) is 17.9. The smallest absolute Gasteiger partial charge is 0.238 e. The molecule has 0 bridgehead atoms. The lowest BCUT2D eigenvalue weighted by molar-refractivity contribution is -0.117. The van der Waals surface area contributed by atoms with Crippen molar-refractivity contribution < 1.29 is 9.90 Å². The lowest BCUT2D eigenvalue weighted by atomic mass is 10.2. The molecule has 2 heterocycles. The van der Waals surface area contributed by atoms with Crippen LogP contribution in [-0.2, 0) is 4.79 Å². The summed E-state index contributed by atoms with van der Waals surface area (Å²) in [6.45, 7) is 4.20. The van der Waals surface area contributed by atoms with Crippen LogP contribution in [-0.4, -0.2) is 65.1 Å². The molecule has 25 heavy (non-hydrogen) atoms. The van der Waals surface area contributed by atoms with E-state index in [1.807, 2.05) is 30.5 Å². The van der Waals surface area contributed by atoms with E-state index in [-0.39, 0.29) is 5.91 Å². The van der Waals surface area contributed by atoms with Crippen molar-refractivity contribution in [2.75, 3.05) is 44.6 Å². The molecule has 6 nitrogen and oxygen atoms in total. The molecule has 1 aromatic carbocycles. The first-order valence-electron chi connectivity index (χ1n) is 8.42.